The Morgan fingerprint density at radius 1 is 1.13 bits per heavy atom. The molecule has 0 spiro atoms. The Morgan fingerprint density at radius 2 is 1.73 bits per heavy atom. The van der Waals surface area contributed by atoms with Crippen LogP contribution in [0.3, 0.4) is 0 Å². The summed E-state index contributed by atoms with van der Waals surface area (Å²) in [6.07, 6.45) is 0.728. The lowest BCUT2D eigenvalue weighted by molar-refractivity contribution is -0.136. The van der Waals surface area contributed by atoms with Crippen LogP contribution in [0.4, 0.5) is 0 Å². The molecule has 2 rings (SSSR count). The van der Waals surface area contributed by atoms with E-state index < -0.39 is 0 Å². The van der Waals surface area contributed by atoms with Crippen LogP contribution in [0.5, 0.6) is 0 Å². The van der Waals surface area contributed by atoms with Crippen LogP contribution in [0, 0.1) is 11.3 Å². The summed E-state index contributed by atoms with van der Waals surface area (Å²) >= 11 is 0. The topological polar surface area (TPSA) is 17.1 Å². The molecule has 1 aromatic carbocycles. The highest BCUT2D eigenvalue weighted by molar-refractivity contribution is 5.90. The second kappa shape index (κ2) is 3.48. The third-order valence-corrected chi connectivity index (χ3v) is 3.33. The maximum Gasteiger partial charge on any atom is 0.137 e. The normalized spacial score (nSPS) is 26.2. The molecule has 80 valence electrons. The Bertz CT molecular complexity index is 359. The van der Waals surface area contributed by atoms with E-state index in [-0.39, 0.29) is 11.3 Å². The number of ketones is 1. The van der Waals surface area contributed by atoms with Crippen LogP contribution < -0.4 is 0 Å². The third kappa shape index (κ3) is 1.83. The summed E-state index contributed by atoms with van der Waals surface area (Å²) in [5.74, 6) is 1.08. The van der Waals surface area contributed by atoms with Gasteiger partial charge in [0.05, 0.1) is 0 Å². The molecule has 2 atom stereocenters. The summed E-state index contributed by atoms with van der Waals surface area (Å²) in [4.78, 5) is 11.7. The van der Waals surface area contributed by atoms with Gasteiger partial charge in [-0.05, 0) is 11.0 Å². The summed E-state index contributed by atoms with van der Waals surface area (Å²) in [5.41, 5.74) is 1.41. The zero-order valence-electron chi connectivity index (χ0n) is 9.66. The van der Waals surface area contributed by atoms with Gasteiger partial charge >= 0.3 is 0 Å². The van der Waals surface area contributed by atoms with Gasteiger partial charge in [0.2, 0.25) is 0 Å². The Kier molecular flexibility index (Phi) is 2.41. The van der Waals surface area contributed by atoms with Gasteiger partial charge in [-0.2, -0.15) is 0 Å². The number of carbonyl (C=O) groups excluding carboxylic acids is 1. The molecule has 0 unspecified atom stereocenters. The maximum absolute atomic E-state index is 11.7. The minimum atomic E-state index is 0.0931. The van der Waals surface area contributed by atoms with Gasteiger partial charge in [0.15, 0.2) is 0 Å². The fourth-order valence-electron chi connectivity index (χ4n) is 2.62. The van der Waals surface area contributed by atoms with Crippen molar-refractivity contribution in [3.63, 3.8) is 0 Å². The van der Waals surface area contributed by atoms with Gasteiger partial charge < -0.3 is 0 Å². The first-order valence-corrected chi connectivity index (χ1v) is 5.58. The molecule has 0 aromatic heterocycles. The van der Waals surface area contributed by atoms with Gasteiger partial charge in [0.1, 0.15) is 5.78 Å². The van der Waals surface area contributed by atoms with Gasteiger partial charge in [0, 0.05) is 18.3 Å². The summed E-state index contributed by atoms with van der Waals surface area (Å²) in [7, 11) is 0. The zero-order valence-corrected chi connectivity index (χ0v) is 9.66. The fourth-order valence-corrected chi connectivity index (χ4v) is 2.62. The standard InChI is InChI=1S/C14H18O/c1-14(2,3)13-11(9-12(13)15)10-7-5-4-6-8-10/h4-8,11,13H,9H2,1-3H3/t11-,13-/m1/s1. The minimum absolute atomic E-state index is 0.0931. The van der Waals surface area contributed by atoms with Gasteiger partial charge in [-0.25, -0.2) is 0 Å². The predicted molar refractivity (Wildman–Crippen MR) is 61.8 cm³/mol. The van der Waals surface area contributed by atoms with Crippen LogP contribution in [0.1, 0.15) is 38.7 Å². The van der Waals surface area contributed by atoms with Crippen LogP contribution >= 0.6 is 0 Å². The van der Waals surface area contributed by atoms with Crippen molar-refractivity contribution in [3.05, 3.63) is 35.9 Å². The Balaban J connectivity index is 2.23. The van der Waals surface area contributed by atoms with Crippen molar-refractivity contribution in [1.29, 1.82) is 0 Å². The lowest BCUT2D eigenvalue weighted by atomic mass is 9.58. The second-order valence-corrected chi connectivity index (χ2v) is 5.53. The molecule has 0 N–H and O–H groups in total. The molecule has 0 heterocycles. The van der Waals surface area contributed by atoms with Crippen molar-refractivity contribution in [2.45, 2.75) is 33.1 Å². The molecule has 1 aliphatic rings. The lowest BCUT2D eigenvalue weighted by Gasteiger charge is -2.43. The van der Waals surface area contributed by atoms with Crippen molar-refractivity contribution in [3.8, 4) is 0 Å². The van der Waals surface area contributed by atoms with Crippen molar-refractivity contribution in [1.82, 2.24) is 0 Å². The van der Waals surface area contributed by atoms with Gasteiger partial charge in [-0.15, -0.1) is 0 Å². The molecular weight excluding hydrogens is 184 g/mol. The molecule has 1 aromatic rings. The summed E-state index contributed by atoms with van der Waals surface area (Å²) < 4.78 is 0. The number of Topliss-reactive ketones (excluding diaryl/α,β-unsaturated/α-hetero) is 1. The van der Waals surface area contributed by atoms with Crippen LogP contribution in [0.2, 0.25) is 0 Å². The third-order valence-electron chi connectivity index (χ3n) is 3.33. The van der Waals surface area contributed by atoms with E-state index >= 15 is 0 Å². The smallest absolute Gasteiger partial charge is 0.137 e. The Labute approximate surface area is 91.5 Å². The molecule has 0 radical (unpaired) electrons. The van der Waals surface area contributed by atoms with Crippen molar-refractivity contribution < 1.29 is 4.79 Å². The van der Waals surface area contributed by atoms with E-state index in [1.54, 1.807) is 0 Å². The molecule has 1 aliphatic carbocycles. The van der Waals surface area contributed by atoms with Crippen LogP contribution in [-0.4, -0.2) is 5.78 Å². The van der Waals surface area contributed by atoms with Crippen molar-refractivity contribution in [2.24, 2.45) is 11.3 Å². The molecule has 0 amide bonds. The van der Waals surface area contributed by atoms with Gasteiger partial charge in [-0.1, -0.05) is 51.1 Å². The van der Waals surface area contributed by atoms with E-state index in [9.17, 15) is 4.79 Å². The maximum atomic E-state index is 11.7. The first-order valence-electron chi connectivity index (χ1n) is 5.58. The quantitative estimate of drug-likeness (QED) is 0.682. The van der Waals surface area contributed by atoms with E-state index in [0.29, 0.717) is 11.7 Å². The molecule has 1 nitrogen and oxygen atoms in total. The highest BCUT2D eigenvalue weighted by atomic mass is 16.1. The highest BCUT2D eigenvalue weighted by Crippen LogP contribution is 2.48. The predicted octanol–water partition coefficient (Wildman–Crippen LogP) is 3.41. The molecule has 1 fully saturated rings. The van der Waals surface area contributed by atoms with Gasteiger partial charge in [0.25, 0.3) is 0 Å². The molecule has 1 saturated carbocycles. The number of hydrogen-bond donors (Lipinski definition) is 0. The molecule has 15 heavy (non-hydrogen) atoms. The Hall–Kier alpha value is -1.11. The van der Waals surface area contributed by atoms with Crippen molar-refractivity contribution >= 4 is 5.78 Å². The largest absolute Gasteiger partial charge is 0.299 e. The molecule has 0 bridgehead atoms. The van der Waals surface area contributed by atoms with E-state index in [1.165, 1.54) is 5.56 Å². The fraction of sp³-hybridized carbons (Fsp3) is 0.500. The monoisotopic (exact) mass is 202 g/mol. The number of hydrogen-bond acceptors (Lipinski definition) is 1. The SMILES string of the molecule is CC(C)(C)[C@H]1C(=O)C[C@@H]1c1ccccc1. The van der Waals surface area contributed by atoms with Crippen molar-refractivity contribution in [2.75, 3.05) is 0 Å². The lowest BCUT2D eigenvalue weighted by Crippen LogP contribution is -2.43. The van der Waals surface area contributed by atoms with E-state index in [4.69, 9.17) is 0 Å². The van der Waals surface area contributed by atoms with Crippen LogP contribution in [0.15, 0.2) is 30.3 Å². The number of carbonyl (C=O) groups is 1. The highest BCUT2D eigenvalue weighted by Gasteiger charge is 2.46. The first kappa shape index (κ1) is 10.4. The summed E-state index contributed by atoms with van der Waals surface area (Å²) in [6.45, 7) is 6.47. The Morgan fingerprint density at radius 3 is 2.20 bits per heavy atom. The summed E-state index contributed by atoms with van der Waals surface area (Å²) in [6, 6.07) is 10.4. The zero-order chi connectivity index (χ0) is 11.1. The van der Waals surface area contributed by atoms with Gasteiger partial charge in [-0.3, -0.25) is 4.79 Å². The molecule has 0 aliphatic heterocycles. The van der Waals surface area contributed by atoms with E-state index in [1.807, 2.05) is 6.07 Å². The average molecular weight is 202 g/mol. The molecular formula is C14H18O. The number of rotatable bonds is 1. The van der Waals surface area contributed by atoms with E-state index in [0.717, 1.165) is 6.42 Å². The molecule has 1 heteroatoms. The molecule has 0 saturated heterocycles. The van der Waals surface area contributed by atoms with Crippen LogP contribution in [-0.2, 0) is 4.79 Å². The van der Waals surface area contributed by atoms with E-state index in [2.05, 4.69) is 45.0 Å². The second-order valence-electron chi connectivity index (χ2n) is 5.53. The average Bonchev–Trinajstić information content (AvgIpc) is 2.12. The summed E-state index contributed by atoms with van der Waals surface area (Å²) in [5, 5.41) is 0. The first-order chi connectivity index (χ1) is 7.00. The minimum Gasteiger partial charge on any atom is -0.299 e. The number of benzene rings is 1. The van der Waals surface area contributed by atoms with Crippen LogP contribution in [0.25, 0.3) is 0 Å².